The maximum Gasteiger partial charge on any atom is -0.0401 e. The van der Waals surface area contributed by atoms with Crippen LogP contribution in [0.2, 0.25) is 0 Å². The van der Waals surface area contributed by atoms with E-state index in [1.165, 1.54) is 31.3 Å². The second kappa shape index (κ2) is 16.2. The van der Waals surface area contributed by atoms with Crippen LogP contribution in [0.1, 0.15) is 74.7 Å². The summed E-state index contributed by atoms with van der Waals surface area (Å²) < 4.78 is 0. The van der Waals surface area contributed by atoms with E-state index in [1.807, 2.05) is 19.9 Å². The van der Waals surface area contributed by atoms with E-state index in [2.05, 4.69) is 46.4 Å². The lowest BCUT2D eigenvalue weighted by atomic mass is 10.0. The molecule has 0 atom stereocenters. The standard InChI is InChI=1S/C9H14.C8H18.CH4/c1-5-9(4)7-6-8(2)3;1-4-6-8(3)7-5-2;/h5-7H,2H2,1,3-4H3;8H,4-7H2,1-3H3;1H4/b7-6-,9-5-;;. The molecule has 0 heterocycles. The Morgan fingerprint density at radius 3 is 1.78 bits per heavy atom. The van der Waals surface area contributed by atoms with Crippen LogP contribution >= 0.6 is 0 Å². The van der Waals surface area contributed by atoms with Crippen molar-refractivity contribution in [1.29, 1.82) is 0 Å². The topological polar surface area (TPSA) is 0 Å². The van der Waals surface area contributed by atoms with Crippen LogP contribution in [0.15, 0.2) is 36.0 Å². The van der Waals surface area contributed by atoms with Gasteiger partial charge in [-0.25, -0.2) is 0 Å². The van der Waals surface area contributed by atoms with Crippen molar-refractivity contribution in [1.82, 2.24) is 0 Å². The van der Waals surface area contributed by atoms with E-state index in [0.717, 1.165) is 11.5 Å². The van der Waals surface area contributed by atoms with Crippen LogP contribution in [0.5, 0.6) is 0 Å². The van der Waals surface area contributed by atoms with Crippen LogP contribution in [0.25, 0.3) is 0 Å². The molecule has 0 aromatic carbocycles. The molecule has 0 aliphatic rings. The Balaban J connectivity index is -0.000000238. The van der Waals surface area contributed by atoms with Crippen molar-refractivity contribution in [2.75, 3.05) is 0 Å². The lowest BCUT2D eigenvalue weighted by Gasteiger charge is -2.05. The molecule has 0 radical (unpaired) electrons. The normalized spacial score (nSPS) is 10.9. The molecule has 0 unspecified atom stereocenters. The van der Waals surface area contributed by atoms with Crippen LogP contribution < -0.4 is 0 Å². The minimum atomic E-state index is 0. The van der Waals surface area contributed by atoms with E-state index in [-0.39, 0.29) is 7.43 Å². The Bertz CT molecular complexity index is 224. The summed E-state index contributed by atoms with van der Waals surface area (Å²) in [6.45, 7) is 16.7. The van der Waals surface area contributed by atoms with Gasteiger partial charge in [-0.15, -0.1) is 0 Å². The van der Waals surface area contributed by atoms with Crippen LogP contribution in [0, 0.1) is 5.92 Å². The third-order valence-electron chi connectivity index (χ3n) is 2.65. The highest BCUT2D eigenvalue weighted by Crippen LogP contribution is 2.10. The highest BCUT2D eigenvalue weighted by atomic mass is 14.0. The number of hydrogen-bond acceptors (Lipinski definition) is 0. The Morgan fingerprint density at radius 2 is 1.50 bits per heavy atom. The first-order valence-corrected chi connectivity index (χ1v) is 6.94. The molecule has 0 spiro atoms. The van der Waals surface area contributed by atoms with Crippen LogP contribution in [-0.4, -0.2) is 0 Å². The highest BCUT2D eigenvalue weighted by molar-refractivity contribution is 5.22. The largest absolute Gasteiger partial charge is 0.0961 e. The van der Waals surface area contributed by atoms with E-state index in [4.69, 9.17) is 0 Å². The molecule has 0 amide bonds. The average Bonchev–Trinajstić information content (AvgIpc) is 2.27. The van der Waals surface area contributed by atoms with Crippen molar-refractivity contribution >= 4 is 0 Å². The van der Waals surface area contributed by atoms with Crippen LogP contribution in [0.3, 0.4) is 0 Å². The second-order valence-electron chi connectivity index (χ2n) is 4.89. The monoisotopic (exact) mass is 252 g/mol. The van der Waals surface area contributed by atoms with Crippen molar-refractivity contribution in [2.45, 2.75) is 74.7 Å². The number of rotatable bonds is 6. The summed E-state index contributed by atoms with van der Waals surface area (Å²) in [5.41, 5.74) is 2.37. The smallest absolute Gasteiger partial charge is 0.0401 e. The number of allylic oxidation sites excluding steroid dienone is 5. The molecule has 108 valence electrons. The van der Waals surface area contributed by atoms with Gasteiger partial charge < -0.3 is 0 Å². The summed E-state index contributed by atoms with van der Waals surface area (Å²) in [6, 6.07) is 0. The van der Waals surface area contributed by atoms with E-state index in [9.17, 15) is 0 Å². The van der Waals surface area contributed by atoms with Gasteiger partial charge in [0.1, 0.15) is 0 Å². The molecule has 0 aliphatic carbocycles. The average molecular weight is 252 g/mol. The first-order valence-electron chi connectivity index (χ1n) is 6.94. The van der Waals surface area contributed by atoms with Gasteiger partial charge in [0, 0.05) is 0 Å². The van der Waals surface area contributed by atoms with Crippen molar-refractivity contribution in [3.05, 3.63) is 36.0 Å². The molecule has 0 saturated carbocycles. The second-order valence-corrected chi connectivity index (χ2v) is 4.89. The molecule has 0 saturated heterocycles. The molecule has 0 aromatic rings. The van der Waals surface area contributed by atoms with Gasteiger partial charge in [-0.2, -0.15) is 0 Å². The lowest BCUT2D eigenvalue weighted by Crippen LogP contribution is -1.91. The molecule has 0 bridgehead atoms. The minimum Gasteiger partial charge on any atom is -0.0961 e. The summed E-state index contributed by atoms with van der Waals surface area (Å²) in [7, 11) is 0. The Morgan fingerprint density at radius 1 is 1.06 bits per heavy atom. The molecular weight excluding hydrogens is 216 g/mol. The molecule has 0 aromatic heterocycles. The van der Waals surface area contributed by atoms with Crippen molar-refractivity contribution in [3.63, 3.8) is 0 Å². The minimum absolute atomic E-state index is 0. The quantitative estimate of drug-likeness (QED) is 0.449. The molecule has 18 heavy (non-hydrogen) atoms. The lowest BCUT2D eigenvalue weighted by molar-refractivity contribution is 0.480. The molecule has 0 nitrogen and oxygen atoms in total. The summed E-state index contributed by atoms with van der Waals surface area (Å²) in [4.78, 5) is 0. The van der Waals surface area contributed by atoms with Gasteiger partial charge in [-0.1, -0.05) is 89.8 Å². The van der Waals surface area contributed by atoms with Gasteiger partial charge >= 0.3 is 0 Å². The molecule has 0 heteroatoms. The van der Waals surface area contributed by atoms with Crippen LogP contribution in [-0.2, 0) is 0 Å². The fourth-order valence-corrected chi connectivity index (χ4v) is 1.50. The molecular formula is C18H36. The summed E-state index contributed by atoms with van der Waals surface area (Å²) in [5.74, 6) is 0.963. The van der Waals surface area contributed by atoms with Crippen molar-refractivity contribution < 1.29 is 0 Å². The predicted molar refractivity (Wildman–Crippen MR) is 89.1 cm³/mol. The maximum atomic E-state index is 3.75. The van der Waals surface area contributed by atoms with Gasteiger partial charge in [-0.3, -0.25) is 0 Å². The van der Waals surface area contributed by atoms with Gasteiger partial charge in [0.15, 0.2) is 0 Å². The molecule has 0 aliphatic heterocycles. The summed E-state index contributed by atoms with van der Waals surface area (Å²) in [5, 5.41) is 0. The third kappa shape index (κ3) is 20.6. The van der Waals surface area contributed by atoms with Crippen molar-refractivity contribution in [2.24, 2.45) is 5.92 Å². The van der Waals surface area contributed by atoms with E-state index < -0.39 is 0 Å². The zero-order valence-electron chi connectivity index (χ0n) is 12.8. The van der Waals surface area contributed by atoms with Gasteiger partial charge in [0.25, 0.3) is 0 Å². The highest BCUT2D eigenvalue weighted by Gasteiger charge is 1.95. The van der Waals surface area contributed by atoms with E-state index in [0.29, 0.717) is 0 Å². The third-order valence-corrected chi connectivity index (χ3v) is 2.65. The fourth-order valence-electron chi connectivity index (χ4n) is 1.50. The molecule has 0 fully saturated rings. The zero-order chi connectivity index (χ0) is 13.7. The Kier molecular flexibility index (Phi) is 20.2. The van der Waals surface area contributed by atoms with E-state index in [1.54, 1.807) is 0 Å². The fraction of sp³-hybridized carbons (Fsp3) is 0.667. The maximum absolute atomic E-state index is 3.75. The first-order chi connectivity index (χ1) is 7.97. The SMILES string of the molecule is C.C=C(C)/C=C\C(C)=C/C.CCCC(C)CCC. The molecule has 0 rings (SSSR count). The zero-order valence-corrected chi connectivity index (χ0v) is 12.8. The summed E-state index contributed by atoms with van der Waals surface area (Å²) >= 11 is 0. The Hall–Kier alpha value is -0.780. The number of hydrogen-bond donors (Lipinski definition) is 0. The molecule has 0 N–H and O–H groups in total. The van der Waals surface area contributed by atoms with Crippen LogP contribution in [0.4, 0.5) is 0 Å². The van der Waals surface area contributed by atoms with Gasteiger partial charge in [0.05, 0.1) is 0 Å². The van der Waals surface area contributed by atoms with E-state index >= 15 is 0 Å². The summed E-state index contributed by atoms with van der Waals surface area (Å²) in [6.07, 6.45) is 11.7. The van der Waals surface area contributed by atoms with Gasteiger partial charge in [-0.05, 0) is 26.7 Å². The van der Waals surface area contributed by atoms with Crippen molar-refractivity contribution in [3.8, 4) is 0 Å². The Labute approximate surface area is 117 Å². The first kappa shape index (κ1) is 22.4. The predicted octanol–water partition coefficient (Wildman–Crippen LogP) is 6.94. The van der Waals surface area contributed by atoms with Gasteiger partial charge in [0.2, 0.25) is 0 Å².